The van der Waals surface area contributed by atoms with Crippen molar-refractivity contribution >= 4 is 17.4 Å². The lowest BCUT2D eigenvalue weighted by atomic mass is 10.1. The van der Waals surface area contributed by atoms with E-state index in [9.17, 15) is 24.5 Å². The van der Waals surface area contributed by atoms with Crippen molar-refractivity contribution < 1.29 is 28.7 Å². The molecule has 1 aromatic heterocycles. The number of rotatable bonds is 18. The lowest BCUT2D eigenvalue weighted by molar-refractivity contribution is -0.384. The second kappa shape index (κ2) is 16.3. The van der Waals surface area contributed by atoms with Gasteiger partial charge in [-0.2, -0.15) is 0 Å². The van der Waals surface area contributed by atoms with E-state index in [1.54, 1.807) is 24.1 Å². The van der Waals surface area contributed by atoms with E-state index in [0.29, 0.717) is 77.0 Å². The van der Waals surface area contributed by atoms with Crippen molar-refractivity contribution in [1.82, 2.24) is 9.47 Å². The third-order valence-corrected chi connectivity index (χ3v) is 5.43. The number of ketones is 1. The maximum Gasteiger partial charge on any atom is 0.270 e. The molecule has 1 aromatic carbocycles. The second-order valence-electron chi connectivity index (χ2n) is 8.06. The summed E-state index contributed by atoms with van der Waals surface area (Å²) in [6.45, 7) is 3.13. The van der Waals surface area contributed by atoms with Gasteiger partial charge in [0.25, 0.3) is 17.2 Å². The van der Waals surface area contributed by atoms with Crippen LogP contribution in [0.1, 0.15) is 33.7 Å². The van der Waals surface area contributed by atoms with Gasteiger partial charge in [0.2, 0.25) is 0 Å². The number of hydrogen-bond acceptors (Lipinski definition) is 9. The predicted molar refractivity (Wildman–Crippen MR) is 136 cm³/mol. The Bertz CT molecular complexity index is 1070. The minimum atomic E-state index is -0.506. The Morgan fingerprint density at radius 1 is 0.946 bits per heavy atom. The van der Waals surface area contributed by atoms with E-state index in [1.807, 2.05) is 0 Å². The summed E-state index contributed by atoms with van der Waals surface area (Å²) >= 11 is 0. The number of nitro groups is 1. The molecule has 0 aliphatic carbocycles. The molecule has 2 N–H and O–H groups in total. The van der Waals surface area contributed by atoms with Crippen molar-refractivity contribution in [2.45, 2.75) is 12.8 Å². The van der Waals surface area contributed by atoms with Crippen molar-refractivity contribution in [3.63, 3.8) is 0 Å². The molecule has 2 rings (SSSR count). The fraction of sp³-hybridized carbons (Fsp3) is 0.480. The highest BCUT2D eigenvalue weighted by Gasteiger charge is 2.17. The lowest BCUT2D eigenvalue weighted by Crippen LogP contribution is -2.40. The summed E-state index contributed by atoms with van der Waals surface area (Å²) in [7, 11) is 1.55. The molecule has 12 nitrogen and oxygen atoms in total. The maximum atomic E-state index is 12.7. The molecule has 0 bridgehead atoms. The Kier molecular flexibility index (Phi) is 13.1. The summed E-state index contributed by atoms with van der Waals surface area (Å²) in [4.78, 5) is 48.3. The number of Topliss-reactive ketones (excluding diaryl/α,β-unsaturated/α-hetero) is 1. The van der Waals surface area contributed by atoms with Crippen molar-refractivity contribution in [1.29, 1.82) is 0 Å². The summed E-state index contributed by atoms with van der Waals surface area (Å²) in [6.07, 6.45) is 0.824. The molecule has 0 aliphatic heterocycles. The smallest absolute Gasteiger partial charge is 0.270 e. The minimum Gasteiger partial charge on any atom is -0.379 e. The number of hydrogen-bond donors (Lipinski definition) is 1. The van der Waals surface area contributed by atoms with E-state index in [4.69, 9.17) is 19.9 Å². The number of nitrogens with zero attached hydrogens (tertiary/aromatic N) is 3. The van der Waals surface area contributed by atoms with E-state index in [2.05, 4.69) is 0 Å². The van der Waals surface area contributed by atoms with Crippen LogP contribution in [0.15, 0.2) is 47.3 Å². The van der Waals surface area contributed by atoms with E-state index in [1.165, 1.54) is 34.9 Å². The van der Waals surface area contributed by atoms with Gasteiger partial charge in [-0.25, -0.2) is 0 Å². The number of pyridine rings is 1. The van der Waals surface area contributed by atoms with Crippen LogP contribution in [-0.2, 0) is 21.3 Å². The number of nitro benzene ring substituents is 1. The summed E-state index contributed by atoms with van der Waals surface area (Å²) in [5.74, 6) is -0.372. The molecule has 0 saturated heterocycles. The molecule has 0 aliphatic rings. The highest BCUT2D eigenvalue weighted by Crippen LogP contribution is 2.13. The molecular formula is C25H34N4O8. The quantitative estimate of drug-likeness (QED) is 0.133. The molecule has 0 radical (unpaired) electrons. The van der Waals surface area contributed by atoms with E-state index >= 15 is 0 Å². The average Bonchev–Trinajstić information content (AvgIpc) is 2.89. The molecule has 0 unspecified atom stereocenters. The molecule has 202 valence electrons. The van der Waals surface area contributed by atoms with Gasteiger partial charge in [-0.15, -0.1) is 0 Å². The zero-order valence-corrected chi connectivity index (χ0v) is 21.0. The second-order valence-corrected chi connectivity index (χ2v) is 8.06. The Morgan fingerprint density at radius 2 is 1.57 bits per heavy atom. The molecule has 0 atom stereocenters. The number of ether oxygens (including phenoxy) is 3. The van der Waals surface area contributed by atoms with Crippen LogP contribution >= 0.6 is 0 Å². The first-order chi connectivity index (χ1) is 17.8. The molecule has 0 saturated carbocycles. The number of nitrogens with two attached hydrogens (primary N) is 1. The van der Waals surface area contributed by atoms with Gasteiger partial charge in [0.15, 0.2) is 5.78 Å². The highest BCUT2D eigenvalue weighted by atomic mass is 16.6. The fourth-order valence-electron chi connectivity index (χ4n) is 3.38. The monoisotopic (exact) mass is 518 g/mol. The normalized spacial score (nSPS) is 10.9. The standard InChI is InChI=1S/C25H34N4O8/c1-27-22(4-2-6-24(27)31)25(32)28(12-11-26)13-15-36-17-19-37-18-16-35-14-3-5-23(30)20-7-9-21(10-8-20)29(33)34/h2,4,6-10H,3,5,11-19,26H2,1H3. The Morgan fingerprint density at radius 3 is 2.19 bits per heavy atom. The molecular weight excluding hydrogens is 484 g/mol. The summed E-state index contributed by atoms with van der Waals surface area (Å²) < 4.78 is 17.8. The molecule has 1 heterocycles. The van der Waals surface area contributed by atoms with Crippen LogP contribution in [0.3, 0.4) is 0 Å². The van der Waals surface area contributed by atoms with Gasteiger partial charge >= 0.3 is 0 Å². The van der Waals surface area contributed by atoms with Gasteiger partial charge in [-0.3, -0.25) is 24.5 Å². The van der Waals surface area contributed by atoms with E-state index in [-0.39, 0.29) is 29.4 Å². The number of aromatic nitrogens is 1. The number of benzene rings is 1. The highest BCUT2D eigenvalue weighted by molar-refractivity contribution is 5.96. The minimum absolute atomic E-state index is 0.0499. The number of carbonyl (C=O) groups is 2. The Balaban J connectivity index is 1.51. The van der Waals surface area contributed by atoms with Gasteiger partial charge in [-0.1, -0.05) is 6.07 Å². The van der Waals surface area contributed by atoms with Gasteiger partial charge in [-0.05, 0) is 24.6 Å². The maximum absolute atomic E-state index is 12.7. The first-order valence-corrected chi connectivity index (χ1v) is 12.0. The van der Waals surface area contributed by atoms with Gasteiger partial charge in [0.1, 0.15) is 5.69 Å². The zero-order valence-electron chi connectivity index (χ0n) is 21.0. The molecule has 37 heavy (non-hydrogen) atoms. The average molecular weight is 519 g/mol. The van der Waals surface area contributed by atoms with Crippen LogP contribution in [0, 0.1) is 10.1 Å². The Hall–Kier alpha value is -3.45. The number of carbonyl (C=O) groups excluding carboxylic acids is 2. The van der Waals surface area contributed by atoms with Crippen molar-refractivity contribution in [3.8, 4) is 0 Å². The van der Waals surface area contributed by atoms with Crippen LogP contribution in [0.5, 0.6) is 0 Å². The van der Waals surface area contributed by atoms with Crippen molar-refractivity contribution in [2.24, 2.45) is 12.8 Å². The third-order valence-electron chi connectivity index (χ3n) is 5.43. The third kappa shape index (κ3) is 10.2. The molecule has 0 fully saturated rings. The SMILES string of the molecule is Cn1c(C(=O)N(CCN)CCOCCOCCOCCCC(=O)c2ccc([N+](=O)[O-])cc2)cccc1=O. The predicted octanol–water partition coefficient (Wildman–Crippen LogP) is 1.41. The molecule has 12 heteroatoms. The van der Waals surface area contributed by atoms with Crippen molar-refractivity contribution in [3.05, 3.63) is 74.2 Å². The van der Waals surface area contributed by atoms with E-state index in [0.717, 1.165) is 0 Å². The topological polar surface area (TPSA) is 156 Å². The van der Waals surface area contributed by atoms with Gasteiger partial charge in [0, 0.05) is 63.5 Å². The van der Waals surface area contributed by atoms with Crippen LogP contribution in [0.25, 0.3) is 0 Å². The number of amides is 1. The first-order valence-electron chi connectivity index (χ1n) is 12.0. The molecule has 0 spiro atoms. The zero-order chi connectivity index (χ0) is 27.0. The first kappa shape index (κ1) is 29.8. The Labute approximate surface area is 215 Å². The summed E-state index contributed by atoms with van der Waals surface area (Å²) in [5.41, 5.74) is 6.05. The fourth-order valence-corrected chi connectivity index (χ4v) is 3.38. The van der Waals surface area contributed by atoms with Crippen LogP contribution < -0.4 is 11.3 Å². The lowest BCUT2D eigenvalue weighted by Gasteiger charge is -2.23. The van der Waals surface area contributed by atoms with Gasteiger partial charge < -0.3 is 29.4 Å². The van der Waals surface area contributed by atoms with Crippen LogP contribution in [0.4, 0.5) is 5.69 Å². The van der Waals surface area contributed by atoms with Crippen LogP contribution in [-0.4, -0.2) is 85.4 Å². The largest absolute Gasteiger partial charge is 0.379 e. The van der Waals surface area contributed by atoms with Crippen molar-refractivity contribution in [2.75, 3.05) is 59.3 Å². The molecule has 1 amide bonds. The van der Waals surface area contributed by atoms with E-state index < -0.39 is 4.92 Å². The summed E-state index contributed by atoms with van der Waals surface area (Å²) in [6, 6.07) is 10.1. The van der Waals surface area contributed by atoms with Crippen LogP contribution in [0.2, 0.25) is 0 Å². The van der Waals surface area contributed by atoms with Gasteiger partial charge in [0.05, 0.1) is 38.0 Å². The summed E-state index contributed by atoms with van der Waals surface area (Å²) in [5, 5.41) is 10.7. The number of non-ortho nitro benzene ring substituents is 1. The molecule has 2 aromatic rings.